The molecule has 0 saturated heterocycles. The minimum Gasteiger partial charge on any atom is -0.370 e. The van der Waals surface area contributed by atoms with Crippen LogP contribution in [0, 0.1) is 5.82 Å². The van der Waals surface area contributed by atoms with Gasteiger partial charge in [0.25, 0.3) is 0 Å². The highest BCUT2D eigenvalue weighted by molar-refractivity contribution is 14.0. The van der Waals surface area contributed by atoms with E-state index < -0.39 is 0 Å². The van der Waals surface area contributed by atoms with Gasteiger partial charge in [-0.05, 0) is 44.6 Å². The summed E-state index contributed by atoms with van der Waals surface area (Å²) in [6, 6.07) is 7.14. The Morgan fingerprint density at radius 2 is 1.96 bits per heavy atom. The van der Waals surface area contributed by atoms with Gasteiger partial charge in [-0.15, -0.1) is 24.0 Å². The highest BCUT2D eigenvalue weighted by atomic mass is 127. The Kier molecular flexibility index (Phi) is 9.58. The molecule has 136 valence electrons. The number of benzene rings is 1. The van der Waals surface area contributed by atoms with Gasteiger partial charge in [-0.1, -0.05) is 37.8 Å². The molecule has 1 unspecified atom stereocenters. The van der Waals surface area contributed by atoms with E-state index in [1.54, 1.807) is 12.1 Å². The maximum atomic E-state index is 13.4. The van der Waals surface area contributed by atoms with Gasteiger partial charge >= 0.3 is 0 Å². The van der Waals surface area contributed by atoms with Crippen LogP contribution in [-0.4, -0.2) is 37.5 Å². The van der Waals surface area contributed by atoms with Crippen molar-refractivity contribution in [3.8, 4) is 0 Å². The van der Waals surface area contributed by atoms with E-state index in [0.717, 1.165) is 18.4 Å². The van der Waals surface area contributed by atoms with Crippen molar-refractivity contribution in [2.75, 3.05) is 20.6 Å². The zero-order valence-corrected chi connectivity index (χ0v) is 17.0. The topological polar surface area (TPSA) is 53.6 Å². The highest BCUT2D eigenvalue weighted by Gasteiger charge is 2.16. The monoisotopic (exact) mass is 448 g/mol. The highest BCUT2D eigenvalue weighted by Crippen LogP contribution is 2.20. The van der Waals surface area contributed by atoms with Gasteiger partial charge in [0.05, 0.1) is 12.6 Å². The largest absolute Gasteiger partial charge is 0.370 e. The molecule has 3 N–H and O–H groups in total. The molecule has 1 aliphatic rings. The van der Waals surface area contributed by atoms with Crippen LogP contribution in [0.2, 0.25) is 0 Å². The Hall–Kier alpha value is -0.890. The number of halogens is 2. The predicted molar refractivity (Wildman–Crippen MR) is 109 cm³/mol. The molecule has 1 saturated carbocycles. The number of nitrogens with two attached hydrogens (primary N) is 1. The molecule has 0 bridgehead atoms. The first-order valence-electron chi connectivity index (χ1n) is 8.54. The lowest BCUT2D eigenvalue weighted by molar-refractivity contribution is 0.305. The van der Waals surface area contributed by atoms with Crippen molar-refractivity contribution in [3.05, 3.63) is 35.6 Å². The second-order valence-corrected chi connectivity index (χ2v) is 6.59. The van der Waals surface area contributed by atoms with Crippen LogP contribution in [0.5, 0.6) is 0 Å². The van der Waals surface area contributed by atoms with Crippen molar-refractivity contribution in [2.45, 2.75) is 50.6 Å². The molecule has 1 aromatic carbocycles. The van der Waals surface area contributed by atoms with Crippen molar-refractivity contribution in [1.82, 2.24) is 10.2 Å². The molecule has 1 atom stereocenters. The summed E-state index contributed by atoms with van der Waals surface area (Å²) in [6.07, 6.45) is 7.48. The van der Waals surface area contributed by atoms with Crippen molar-refractivity contribution in [1.29, 1.82) is 0 Å². The van der Waals surface area contributed by atoms with Gasteiger partial charge in [-0.3, -0.25) is 4.99 Å². The van der Waals surface area contributed by atoms with Gasteiger partial charge < -0.3 is 16.0 Å². The second-order valence-electron chi connectivity index (χ2n) is 6.59. The van der Waals surface area contributed by atoms with Crippen molar-refractivity contribution in [2.24, 2.45) is 10.7 Å². The summed E-state index contributed by atoms with van der Waals surface area (Å²) >= 11 is 0. The Bertz CT molecular complexity index is 513. The average molecular weight is 448 g/mol. The van der Waals surface area contributed by atoms with E-state index in [2.05, 4.69) is 10.3 Å². The SMILES string of the molecule is CN(C)C(CN=C(N)NC1CCCCCC1)c1cccc(F)c1.I. The molecule has 2 rings (SSSR count). The van der Waals surface area contributed by atoms with Gasteiger partial charge in [0, 0.05) is 6.04 Å². The fourth-order valence-electron chi connectivity index (χ4n) is 3.14. The van der Waals surface area contributed by atoms with Gasteiger partial charge in [0.2, 0.25) is 0 Å². The molecule has 6 heteroatoms. The molecule has 1 aromatic rings. The number of guanidine groups is 1. The lowest BCUT2D eigenvalue weighted by Crippen LogP contribution is -2.40. The minimum absolute atomic E-state index is 0. The number of nitrogens with zero attached hydrogens (tertiary/aromatic N) is 2. The third-order valence-electron chi connectivity index (χ3n) is 4.50. The van der Waals surface area contributed by atoms with Crippen molar-refractivity contribution < 1.29 is 4.39 Å². The lowest BCUT2D eigenvalue weighted by atomic mass is 10.1. The predicted octanol–water partition coefficient (Wildman–Crippen LogP) is 3.67. The van der Waals surface area contributed by atoms with E-state index >= 15 is 0 Å². The molecule has 0 heterocycles. The summed E-state index contributed by atoms with van der Waals surface area (Å²) in [7, 11) is 3.94. The summed E-state index contributed by atoms with van der Waals surface area (Å²) < 4.78 is 13.4. The lowest BCUT2D eigenvalue weighted by Gasteiger charge is -2.24. The fourth-order valence-corrected chi connectivity index (χ4v) is 3.14. The Morgan fingerprint density at radius 3 is 2.54 bits per heavy atom. The Morgan fingerprint density at radius 1 is 1.29 bits per heavy atom. The van der Waals surface area contributed by atoms with E-state index in [0.29, 0.717) is 18.5 Å². The molecule has 4 nitrogen and oxygen atoms in total. The Labute approximate surface area is 162 Å². The van der Waals surface area contributed by atoms with Crippen LogP contribution in [0.25, 0.3) is 0 Å². The zero-order valence-electron chi connectivity index (χ0n) is 14.7. The smallest absolute Gasteiger partial charge is 0.188 e. The van der Waals surface area contributed by atoms with E-state index in [4.69, 9.17) is 5.73 Å². The van der Waals surface area contributed by atoms with Crippen molar-refractivity contribution >= 4 is 29.9 Å². The van der Waals surface area contributed by atoms with E-state index in [9.17, 15) is 4.39 Å². The quantitative estimate of drug-likeness (QED) is 0.313. The fraction of sp³-hybridized carbons (Fsp3) is 0.611. The number of aliphatic imine (C=N–C) groups is 1. The van der Waals surface area contributed by atoms with E-state index in [-0.39, 0.29) is 35.8 Å². The van der Waals surface area contributed by atoms with Crippen LogP contribution >= 0.6 is 24.0 Å². The van der Waals surface area contributed by atoms with Crippen LogP contribution in [0.3, 0.4) is 0 Å². The van der Waals surface area contributed by atoms with Gasteiger partial charge in [0.15, 0.2) is 5.96 Å². The summed E-state index contributed by atoms with van der Waals surface area (Å²) in [5.74, 6) is 0.281. The van der Waals surface area contributed by atoms with Crippen molar-refractivity contribution in [3.63, 3.8) is 0 Å². The number of rotatable bonds is 5. The van der Waals surface area contributed by atoms with Gasteiger partial charge in [-0.2, -0.15) is 0 Å². The minimum atomic E-state index is -0.220. The van der Waals surface area contributed by atoms with E-state index in [1.807, 2.05) is 25.1 Å². The first kappa shape index (κ1) is 21.2. The maximum Gasteiger partial charge on any atom is 0.188 e. The van der Waals surface area contributed by atoms with Crippen LogP contribution in [0.15, 0.2) is 29.3 Å². The van der Waals surface area contributed by atoms with Gasteiger partial charge in [0.1, 0.15) is 5.82 Å². The summed E-state index contributed by atoms with van der Waals surface area (Å²) in [5.41, 5.74) is 6.98. The summed E-state index contributed by atoms with van der Waals surface area (Å²) in [4.78, 5) is 6.53. The van der Waals surface area contributed by atoms with Crippen LogP contribution in [-0.2, 0) is 0 Å². The molecule has 0 aliphatic heterocycles. The number of hydrogen-bond acceptors (Lipinski definition) is 2. The molecule has 1 aliphatic carbocycles. The molecule has 0 aromatic heterocycles. The van der Waals surface area contributed by atoms with Gasteiger partial charge in [-0.25, -0.2) is 4.39 Å². The molecule has 0 spiro atoms. The first-order valence-corrected chi connectivity index (χ1v) is 8.54. The number of likely N-dealkylation sites (N-methyl/N-ethyl adjacent to an activating group) is 1. The zero-order chi connectivity index (χ0) is 16.7. The molecule has 0 amide bonds. The summed E-state index contributed by atoms with van der Waals surface area (Å²) in [5, 5.41) is 3.35. The molecule has 24 heavy (non-hydrogen) atoms. The normalized spacial score (nSPS) is 17.9. The van der Waals surface area contributed by atoms with E-state index in [1.165, 1.54) is 31.7 Å². The third-order valence-corrected chi connectivity index (χ3v) is 4.50. The molecular formula is C18H30FIN4. The molecule has 0 radical (unpaired) electrons. The number of nitrogens with one attached hydrogen (secondary N) is 1. The Balaban J connectivity index is 0.00000288. The maximum absolute atomic E-state index is 13.4. The standard InChI is InChI=1S/C18H29FN4.HI/c1-23(2)17(14-8-7-9-15(19)12-14)13-21-18(20)22-16-10-5-3-4-6-11-16;/h7-9,12,16-17H,3-6,10-11,13H2,1-2H3,(H3,20,21,22);1H. The van der Waals surface area contributed by atoms with Crippen LogP contribution in [0.4, 0.5) is 4.39 Å². The first-order chi connectivity index (χ1) is 11.1. The molecular weight excluding hydrogens is 418 g/mol. The summed E-state index contributed by atoms with van der Waals surface area (Å²) in [6.45, 7) is 0.516. The average Bonchev–Trinajstić information content (AvgIpc) is 2.76. The molecule has 1 fully saturated rings. The number of hydrogen-bond donors (Lipinski definition) is 2. The third kappa shape index (κ3) is 6.93. The second kappa shape index (κ2) is 10.9. The van der Waals surface area contributed by atoms with Crippen LogP contribution in [0.1, 0.15) is 50.1 Å². The van der Waals surface area contributed by atoms with Crippen LogP contribution < -0.4 is 11.1 Å².